The monoisotopic (exact) mass is 415 g/mol. The quantitative estimate of drug-likeness (QED) is 0.752. The molecule has 0 radical (unpaired) electrons. The van der Waals surface area contributed by atoms with Crippen LogP contribution in [0, 0.1) is 11.6 Å². The first kappa shape index (κ1) is 22.4. The minimum atomic E-state index is -0.889. The number of β-amino-alcohol motifs (C(OH)–C–C–N with tert-alkyl or cyclic N) is 1. The van der Waals surface area contributed by atoms with Crippen LogP contribution in [-0.2, 0) is 4.74 Å². The van der Waals surface area contributed by atoms with Gasteiger partial charge in [0, 0.05) is 25.7 Å². The van der Waals surface area contributed by atoms with Crippen molar-refractivity contribution in [3.05, 3.63) is 59.7 Å². The van der Waals surface area contributed by atoms with Gasteiger partial charge < -0.3 is 19.3 Å². The molecule has 2 unspecified atom stereocenters. The van der Waals surface area contributed by atoms with Crippen molar-refractivity contribution in [2.75, 3.05) is 40.0 Å². The SMILES string of the molecule is COc1cccc(OCC(O)CN2CCOC(c3ccc(F)c(F)c3)C2)c1.Cl. The van der Waals surface area contributed by atoms with Gasteiger partial charge in [0.15, 0.2) is 11.6 Å². The Morgan fingerprint density at radius 3 is 2.71 bits per heavy atom. The maximum absolute atomic E-state index is 13.4. The van der Waals surface area contributed by atoms with Gasteiger partial charge in [0.1, 0.15) is 24.2 Å². The van der Waals surface area contributed by atoms with E-state index in [1.807, 2.05) is 17.0 Å². The summed E-state index contributed by atoms with van der Waals surface area (Å²) in [6.45, 7) is 2.12. The molecule has 2 aromatic carbocycles. The number of nitrogens with zero attached hydrogens (tertiary/aromatic N) is 1. The topological polar surface area (TPSA) is 51.2 Å². The third kappa shape index (κ3) is 6.04. The predicted octanol–water partition coefficient (Wildman–Crippen LogP) is 3.21. The zero-order valence-corrected chi connectivity index (χ0v) is 16.3. The lowest BCUT2D eigenvalue weighted by Gasteiger charge is -2.34. The van der Waals surface area contributed by atoms with Crippen molar-refractivity contribution in [1.29, 1.82) is 0 Å². The highest BCUT2D eigenvalue weighted by Crippen LogP contribution is 2.24. The molecule has 1 aliphatic rings. The molecule has 28 heavy (non-hydrogen) atoms. The van der Waals surface area contributed by atoms with E-state index in [2.05, 4.69) is 0 Å². The van der Waals surface area contributed by atoms with E-state index < -0.39 is 17.7 Å². The maximum atomic E-state index is 13.4. The number of benzene rings is 2. The fourth-order valence-electron chi connectivity index (χ4n) is 3.02. The van der Waals surface area contributed by atoms with Gasteiger partial charge in [0.25, 0.3) is 0 Å². The Morgan fingerprint density at radius 2 is 1.96 bits per heavy atom. The summed E-state index contributed by atoms with van der Waals surface area (Å²) in [4.78, 5) is 2.02. The van der Waals surface area contributed by atoms with Crippen molar-refractivity contribution < 1.29 is 28.1 Å². The van der Waals surface area contributed by atoms with E-state index in [0.29, 0.717) is 43.3 Å². The van der Waals surface area contributed by atoms with Crippen molar-refractivity contribution in [2.24, 2.45) is 0 Å². The first-order valence-electron chi connectivity index (χ1n) is 8.79. The number of morpholine rings is 1. The molecule has 154 valence electrons. The van der Waals surface area contributed by atoms with Crippen LogP contribution >= 0.6 is 12.4 Å². The predicted molar refractivity (Wildman–Crippen MR) is 103 cm³/mol. The van der Waals surface area contributed by atoms with E-state index in [9.17, 15) is 13.9 Å². The Bertz CT molecular complexity index is 765. The molecule has 0 aliphatic carbocycles. The average Bonchev–Trinajstić information content (AvgIpc) is 2.69. The lowest BCUT2D eigenvalue weighted by Crippen LogP contribution is -2.43. The molecule has 1 aliphatic heterocycles. The molecular formula is C20H24ClF2NO4. The summed E-state index contributed by atoms with van der Waals surface area (Å²) >= 11 is 0. The molecule has 3 rings (SSSR count). The first-order chi connectivity index (χ1) is 13.0. The van der Waals surface area contributed by atoms with Crippen LogP contribution in [0.5, 0.6) is 11.5 Å². The molecule has 2 aromatic rings. The molecule has 1 fully saturated rings. The van der Waals surface area contributed by atoms with Crippen LogP contribution in [0.1, 0.15) is 11.7 Å². The normalized spacial score (nSPS) is 18.2. The fraction of sp³-hybridized carbons (Fsp3) is 0.400. The minimum absolute atomic E-state index is 0. The summed E-state index contributed by atoms with van der Waals surface area (Å²) < 4.78 is 43.0. The third-order valence-electron chi connectivity index (χ3n) is 4.42. The Kier molecular flexibility index (Phi) is 8.44. The maximum Gasteiger partial charge on any atom is 0.159 e. The van der Waals surface area contributed by atoms with Gasteiger partial charge in [-0.1, -0.05) is 12.1 Å². The summed E-state index contributed by atoms with van der Waals surface area (Å²) in [6, 6.07) is 11.0. The molecule has 1 N–H and O–H groups in total. The van der Waals surface area contributed by atoms with E-state index in [1.54, 1.807) is 19.2 Å². The number of aliphatic hydroxyl groups excluding tert-OH is 1. The zero-order chi connectivity index (χ0) is 19.2. The molecule has 0 saturated carbocycles. The molecule has 0 aromatic heterocycles. The number of halogens is 3. The summed E-state index contributed by atoms with van der Waals surface area (Å²) in [5, 5.41) is 10.3. The summed E-state index contributed by atoms with van der Waals surface area (Å²) in [6.07, 6.45) is -1.06. The van der Waals surface area contributed by atoms with Crippen LogP contribution in [0.15, 0.2) is 42.5 Å². The van der Waals surface area contributed by atoms with Gasteiger partial charge in [-0.15, -0.1) is 12.4 Å². The van der Waals surface area contributed by atoms with Gasteiger partial charge in [-0.05, 0) is 29.8 Å². The Labute approximate surface area is 169 Å². The van der Waals surface area contributed by atoms with E-state index in [1.165, 1.54) is 6.07 Å². The minimum Gasteiger partial charge on any atom is -0.497 e. The van der Waals surface area contributed by atoms with Crippen LogP contribution in [0.25, 0.3) is 0 Å². The second-order valence-corrected chi connectivity index (χ2v) is 6.44. The molecule has 0 bridgehead atoms. The van der Waals surface area contributed by atoms with Gasteiger partial charge in [-0.2, -0.15) is 0 Å². The van der Waals surface area contributed by atoms with Gasteiger partial charge in [0.05, 0.1) is 19.8 Å². The number of ether oxygens (including phenoxy) is 3. The summed E-state index contributed by atoms with van der Waals surface area (Å²) in [5.74, 6) is -0.462. The number of rotatable bonds is 7. The smallest absolute Gasteiger partial charge is 0.159 e. The van der Waals surface area contributed by atoms with Crippen molar-refractivity contribution >= 4 is 12.4 Å². The second kappa shape index (κ2) is 10.6. The van der Waals surface area contributed by atoms with Crippen molar-refractivity contribution in [3.8, 4) is 11.5 Å². The van der Waals surface area contributed by atoms with E-state index in [0.717, 1.165) is 12.1 Å². The van der Waals surface area contributed by atoms with E-state index >= 15 is 0 Å². The van der Waals surface area contributed by atoms with Crippen LogP contribution in [-0.4, -0.2) is 56.1 Å². The Hall–Kier alpha value is -1.93. The number of hydrogen-bond acceptors (Lipinski definition) is 5. The molecule has 8 heteroatoms. The molecule has 0 spiro atoms. The third-order valence-corrected chi connectivity index (χ3v) is 4.42. The van der Waals surface area contributed by atoms with E-state index in [-0.39, 0.29) is 25.1 Å². The zero-order valence-electron chi connectivity index (χ0n) is 15.5. The van der Waals surface area contributed by atoms with Crippen LogP contribution in [0.2, 0.25) is 0 Å². The second-order valence-electron chi connectivity index (χ2n) is 6.44. The van der Waals surface area contributed by atoms with Gasteiger partial charge in [-0.25, -0.2) is 8.78 Å². The molecule has 1 saturated heterocycles. The lowest BCUT2D eigenvalue weighted by atomic mass is 10.1. The highest BCUT2D eigenvalue weighted by molar-refractivity contribution is 5.85. The van der Waals surface area contributed by atoms with Crippen molar-refractivity contribution in [3.63, 3.8) is 0 Å². The molecule has 0 amide bonds. The van der Waals surface area contributed by atoms with Gasteiger partial charge in [0.2, 0.25) is 0 Å². The largest absolute Gasteiger partial charge is 0.497 e. The van der Waals surface area contributed by atoms with Crippen molar-refractivity contribution in [1.82, 2.24) is 4.90 Å². The average molecular weight is 416 g/mol. The Morgan fingerprint density at radius 1 is 1.18 bits per heavy atom. The number of aliphatic hydroxyl groups is 1. The highest BCUT2D eigenvalue weighted by atomic mass is 35.5. The molecular weight excluding hydrogens is 392 g/mol. The van der Waals surface area contributed by atoms with Gasteiger partial charge in [-0.3, -0.25) is 4.90 Å². The van der Waals surface area contributed by atoms with Gasteiger partial charge >= 0.3 is 0 Å². The number of methoxy groups -OCH3 is 1. The van der Waals surface area contributed by atoms with Crippen molar-refractivity contribution in [2.45, 2.75) is 12.2 Å². The summed E-state index contributed by atoms with van der Waals surface area (Å²) in [5.41, 5.74) is 0.584. The summed E-state index contributed by atoms with van der Waals surface area (Å²) in [7, 11) is 1.58. The van der Waals surface area contributed by atoms with E-state index in [4.69, 9.17) is 14.2 Å². The first-order valence-corrected chi connectivity index (χ1v) is 8.79. The Balaban J connectivity index is 0.00000280. The van der Waals surface area contributed by atoms with Crippen LogP contribution < -0.4 is 9.47 Å². The van der Waals surface area contributed by atoms with Crippen LogP contribution in [0.3, 0.4) is 0 Å². The highest BCUT2D eigenvalue weighted by Gasteiger charge is 2.24. The number of hydrogen-bond donors (Lipinski definition) is 1. The standard InChI is InChI=1S/C20H23F2NO4.ClH/c1-25-16-3-2-4-17(10-16)27-13-15(24)11-23-7-8-26-20(12-23)14-5-6-18(21)19(22)9-14;/h2-6,9-10,15,20,24H,7-8,11-13H2,1H3;1H. The lowest BCUT2D eigenvalue weighted by molar-refractivity contribution is -0.0460. The van der Waals surface area contributed by atoms with Crippen LogP contribution in [0.4, 0.5) is 8.78 Å². The molecule has 1 heterocycles. The molecule has 5 nitrogen and oxygen atoms in total. The fourth-order valence-corrected chi connectivity index (χ4v) is 3.02. The molecule has 2 atom stereocenters.